The van der Waals surface area contributed by atoms with Crippen molar-refractivity contribution in [2.45, 2.75) is 48.3 Å². The Morgan fingerprint density at radius 2 is 1.95 bits per heavy atom. The molecule has 0 bridgehead atoms. The third kappa shape index (κ3) is 5.00. The molecule has 2 unspecified atom stereocenters. The van der Waals surface area contributed by atoms with E-state index in [1.165, 1.54) is 23.0 Å². The number of hydrogen-bond donors (Lipinski definition) is 1. The minimum atomic E-state index is -4.11. The number of halogens is 3. The molecule has 1 aromatic carbocycles. The zero-order valence-corrected chi connectivity index (χ0v) is 24.3. The monoisotopic (exact) mass is 633 g/mol. The third-order valence-corrected chi connectivity index (χ3v) is 10.7. The average molecular weight is 634 g/mol. The number of anilines is 1. The van der Waals surface area contributed by atoms with Crippen molar-refractivity contribution in [3.63, 3.8) is 0 Å². The molecule has 3 aromatic heterocycles. The van der Waals surface area contributed by atoms with Gasteiger partial charge in [0, 0.05) is 31.1 Å². The van der Waals surface area contributed by atoms with Gasteiger partial charge in [-0.2, -0.15) is 9.98 Å². The number of piperidine rings is 1. The van der Waals surface area contributed by atoms with Gasteiger partial charge in [-0.1, -0.05) is 17.4 Å². The van der Waals surface area contributed by atoms with E-state index in [4.69, 9.17) is 4.74 Å². The first-order valence-electron chi connectivity index (χ1n) is 13.8. The number of nitriles is 1. The summed E-state index contributed by atoms with van der Waals surface area (Å²) in [6.07, 6.45) is -1.31. The van der Waals surface area contributed by atoms with Crippen molar-refractivity contribution in [2.24, 2.45) is 0 Å². The maximum Gasteiger partial charge on any atom is 0.291 e. The standard InChI is InChI=1S/C26H26F3N9O3S2/c27-17-12-37(6-3-18(17)36-7-9-41-10-8-36)22-20-16-2-1-15(43(39,40)35-26(13-30)4-5-26)11-19(16)38(23(20)32-14-31-22)25-34-33-24(42-25)21(28)29/h1-2,11,14,17-18,21,35H,3-10,12H2. The second kappa shape index (κ2) is 10.6. The van der Waals surface area contributed by atoms with Crippen molar-refractivity contribution in [3.05, 3.63) is 29.5 Å². The normalized spacial score (nSPS) is 22.8. The molecular formula is C26H26F3N9O3S2. The minimum Gasteiger partial charge on any atom is -0.379 e. The Kier molecular flexibility index (Phi) is 7.01. The molecule has 17 heteroatoms. The van der Waals surface area contributed by atoms with Crippen LogP contribution in [0.5, 0.6) is 0 Å². The molecule has 0 radical (unpaired) electrons. The van der Waals surface area contributed by atoms with Crippen molar-refractivity contribution in [1.82, 2.24) is 34.4 Å². The maximum atomic E-state index is 15.6. The molecule has 5 heterocycles. The molecule has 3 fully saturated rings. The van der Waals surface area contributed by atoms with Crippen LogP contribution in [0.1, 0.15) is 30.7 Å². The van der Waals surface area contributed by atoms with E-state index in [9.17, 15) is 22.5 Å². The molecule has 7 rings (SSSR count). The fourth-order valence-electron chi connectivity index (χ4n) is 5.89. The molecule has 0 spiro atoms. The number of rotatable bonds is 7. The van der Waals surface area contributed by atoms with E-state index >= 15 is 4.39 Å². The van der Waals surface area contributed by atoms with E-state index in [1.54, 1.807) is 6.07 Å². The summed E-state index contributed by atoms with van der Waals surface area (Å²) >= 11 is 0.656. The Morgan fingerprint density at radius 3 is 2.63 bits per heavy atom. The Hall–Kier alpha value is -3.43. The lowest BCUT2D eigenvalue weighted by atomic mass is 10.0. The van der Waals surface area contributed by atoms with Crippen molar-refractivity contribution in [1.29, 1.82) is 5.26 Å². The van der Waals surface area contributed by atoms with Crippen LogP contribution in [-0.4, -0.2) is 95.2 Å². The molecule has 2 aliphatic heterocycles. The molecule has 2 atom stereocenters. The number of nitrogens with one attached hydrogen (secondary N) is 1. The SMILES string of the molecule is N#CC1(NS(=O)(=O)c2ccc3c4c(N5CCC(N6CCOCC6)C(F)C5)ncnc4n(-c4nnc(C(F)F)s4)c3c2)CC1. The van der Waals surface area contributed by atoms with Crippen LogP contribution in [0.15, 0.2) is 29.4 Å². The molecule has 1 N–H and O–H groups in total. The second-order valence-corrected chi connectivity index (χ2v) is 13.6. The molecule has 226 valence electrons. The quantitative estimate of drug-likeness (QED) is 0.323. The van der Waals surface area contributed by atoms with Gasteiger partial charge in [0.25, 0.3) is 6.43 Å². The Morgan fingerprint density at radius 1 is 1.16 bits per heavy atom. The summed E-state index contributed by atoms with van der Waals surface area (Å²) in [7, 11) is -4.11. The Bertz CT molecular complexity index is 1850. The summed E-state index contributed by atoms with van der Waals surface area (Å²) in [6, 6.07) is 6.16. The summed E-state index contributed by atoms with van der Waals surface area (Å²) in [5.41, 5.74) is -0.528. The Balaban J connectivity index is 1.34. The van der Waals surface area contributed by atoms with Crippen LogP contribution >= 0.6 is 11.3 Å². The van der Waals surface area contributed by atoms with Gasteiger partial charge < -0.3 is 9.64 Å². The maximum absolute atomic E-state index is 15.6. The van der Waals surface area contributed by atoms with Crippen LogP contribution in [0, 0.1) is 11.3 Å². The van der Waals surface area contributed by atoms with Gasteiger partial charge in [-0.15, -0.1) is 10.2 Å². The molecule has 1 saturated carbocycles. The summed E-state index contributed by atoms with van der Waals surface area (Å²) < 4.78 is 78.5. The zero-order chi connectivity index (χ0) is 29.9. The summed E-state index contributed by atoms with van der Waals surface area (Å²) in [6.45, 7) is 3.10. The second-order valence-electron chi connectivity index (χ2n) is 10.9. The highest BCUT2D eigenvalue weighted by Crippen LogP contribution is 2.40. The Labute approximate surface area is 248 Å². The fourth-order valence-corrected chi connectivity index (χ4v) is 8.00. The van der Waals surface area contributed by atoms with E-state index in [0.29, 0.717) is 91.2 Å². The summed E-state index contributed by atoms with van der Waals surface area (Å²) in [5.74, 6) is 0.450. The third-order valence-electron chi connectivity index (χ3n) is 8.23. The number of alkyl halides is 3. The fraction of sp³-hybridized carbons (Fsp3) is 0.500. The highest BCUT2D eigenvalue weighted by Gasteiger charge is 2.47. The minimum absolute atomic E-state index is 0.0625. The van der Waals surface area contributed by atoms with E-state index in [2.05, 4.69) is 29.8 Å². The molecule has 0 amide bonds. The lowest BCUT2D eigenvalue weighted by Gasteiger charge is -2.42. The molecule has 1 aliphatic carbocycles. The van der Waals surface area contributed by atoms with Crippen molar-refractivity contribution in [2.75, 3.05) is 44.3 Å². The molecule has 2 saturated heterocycles. The summed E-state index contributed by atoms with van der Waals surface area (Å²) in [5, 5.41) is 17.6. The predicted molar refractivity (Wildman–Crippen MR) is 151 cm³/mol. The number of aromatic nitrogens is 5. The van der Waals surface area contributed by atoms with Crippen molar-refractivity contribution in [3.8, 4) is 11.2 Å². The van der Waals surface area contributed by atoms with Crippen LogP contribution < -0.4 is 9.62 Å². The van der Waals surface area contributed by atoms with Gasteiger partial charge >= 0.3 is 0 Å². The van der Waals surface area contributed by atoms with Crippen LogP contribution in [-0.2, 0) is 14.8 Å². The topological polar surface area (TPSA) is 142 Å². The lowest BCUT2D eigenvalue weighted by molar-refractivity contribution is -0.00824. The first-order valence-corrected chi connectivity index (χ1v) is 16.1. The number of sulfonamides is 1. The smallest absolute Gasteiger partial charge is 0.291 e. The molecule has 3 aliphatic rings. The van der Waals surface area contributed by atoms with Gasteiger partial charge in [-0.25, -0.2) is 31.6 Å². The molecule has 43 heavy (non-hydrogen) atoms. The predicted octanol–water partition coefficient (Wildman–Crippen LogP) is 2.95. The van der Waals surface area contributed by atoms with Crippen molar-refractivity contribution < 1.29 is 26.3 Å². The van der Waals surface area contributed by atoms with Crippen LogP contribution in [0.4, 0.5) is 19.0 Å². The largest absolute Gasteiger partial charge is 0.379 e. The number of benzene rings is 1. The number of morpholine rings is 1. The van der Waals surface area contributed by atoms with Crippen LogP contribution in [0.3, 0.4) is 0 Å². The van der Waals surface area contributed by atoms with Gasteiger partial charge in [0.05, 0.1) is 41.6 Å². The summed E-state index contributed by atoms with van der Waals surface area (Å²) in [4.78, 5) is 12.8. The van der Waals surface area contributed by atoms with Gasteiger partial charge in [0.15, 0.2) is 10.7 Å². The number of nitrogens with zero attached hydrogens (tertiary/aromatic N) is 8. The van der Waals surface area contributed by atoms with Crippen molar-refractivity contribution >= 4 is 49.1 Å². The van der Waals surface area contributed by atoms with Crippen LogP contribution in [0.25, 0.3) is 27.1 Å². The number of fused-ring (bicyclic) bond motifs is 3. The number of ether oxygens (including phenoxy) is 1. The first kappa shape index (κ1) is 28.3. The molecule has 12 nitrogen and oxygen atoms in total. The van der Waals surface area contributed by atoms with Gasteiger partial charge in [-0.05, 0) is 31.4 Å². The van der Waals surface area contributed by atoms with Gasteiger partial charge in [0.2, 0.25) is 15.2 Å². The lowest BCUT2D eigenvalue weighted by Crippen LogP contribution is -2.55. The van der Waals surface area contributed by atoms with E-state index in [0.717, 1.165) is 0 Å². The molecular weight excluding hydrogens is 607 g/mol. The van der Waals surface area contributed by atoms with Crippen LogP contribution in [0.2, 0.25) is 0 Å². The van der Waals surface area contributed by atoms with E-state index < -0.39 is 33.2 Å². The highest BCUT2D eigenvalue weighted by molar-refractivity contribution is 7.89. The van der Waals surface area contributed by atoms with Gasteiger partial charge in [-0.3, -0.25) is 9.47 Å². The average Bonchev–Trinajstić information content (AvgIpc) is 3.44. The highest BCUT2D eigenvalue weighted by atomic mass is 32.2. The first-order chi connectivity index (χ1) is 20.7. The zero-order valence-electron chi connectivity index (χ0n) is 22.7. The van der Waals surface area contributed by atoms with Gasteiger partial charge in [0.1, 0.15) is 23.9 Å². The van der Waals surface area contributed by atoms with E-state index in [1.807, 2.05) is 11.0 Å². The number of hydrogen-bond acceptors (Lipinski definition) is 11. The van der Waals surface area contributed by atoms with E-state index in [-0.39, 0.29) is 22.6 Å². The molecule has 4 aromatic rings.